The van der Waals surface area contributed by atoms with Gasteiger partial charge in [0, 0.05) is 6.21 Å². The summed E-state index contributed by atoms with van der Waals surface area (Å²) >= 11 is 0. The molecule has 6 nitrogen and oxygen atoms in total. The summed E-state index contributed by atoms with van der Waals surface area (Å²) in [6, 6.07) is -0.314. The summed E-state index contributed by atoms with van der Waals surface area (Å²) in [5, 5.41) is 15.4. The molecule has 106 valence electrons. The lowest BCUT2D eigenvalue weighted by molar-refractivity contribution is -0.152. The number of hydrazone groups is 1. The Morgan fingerprint density at radius 1 is 1.47 bits per heavy atom. The van der Waals surface area contributed by atoms with Gasteiger partial charge in [0.05, 0.1) is 18.8 Å². The predicted octanol–water partition coefficient (Wildman–Crippen LogP) is 0.687. The highest BCUT2D eigenvalue weighted by Gasteiger charge is 2.41. The van der Waals surface area contributed by atoms with Crippen LogP contribution in [0, 0.1) is 5.92 Å². The maximum atomic E-state index is 12.2. The fourth-order valence-electron chi connectivity index (χ4n) is 2.60. The number of aliphatic hydroxyl groups excluding tert-OH is 1. The van der Waals surface area contributed by atoms with Crippen LogP contribution in [-0.4, -0.2) is 47.0 Å². The zero-order chi connectivity index (χ0) is 13.8. The van der Waals surface area contributed by atoms with E-state index in [4.69, 9.17) is 4.74 Å². The predicted molar refractivity (Wildman–Crippen MR) is 68.3 cm³/mol. The second kappa shape index (κ2) is 6.14. The zero-order valence-corrected chi connectivity index (χ0v) is 11.1. The first-order valence-corrected chi connectivity index (χ1v) is 6.87. The van der Waals surface area contributed by atoms with E-state index in [1.54, 1.807) is 6.92 Å². The van der Waals surface area contributed by atoms with Crippen LogP contribution in [-0.2, 0) is 14.3 Å². The van der Waals surface area contributed by atoms with Crippen molar-refractivity contribution in [2.75, 3.05) is 6.61 Å². The highest BCUT2D eigenvalue weighted by Crippen LogP contribution is 2.26. The third kappa shape index (κ3) is 2.94. The molecule has 2 rings (SSSR count). The summed E-state index contributed by atoms with van der Waals surface area (Å²) in [6.45, 7) is 1.93. The van der Waals surface area contributed by atoms with E-state index < -0.39 is 18.0 Å². The van der Waals surface area contributed by atoms with Crippen LogP contribution in [0.3, 0.4) is 0 Å². The number of rotatable bonds is 3. The van der Waals surface area contributed by atoms with Gasteiger partial charge in [-0.15, -0.1) is 0 Å². The molecule has 1 aliphatic heterocycles. The molecule has 1 aliphatic carbocycles. The van der Waals surface area contributed by atoms with Gasteiger partial charge >= 0.3 is 5.97 Å². The number of esters is 1. The van der Waals surface area contributed by atoms with Gasteiger partial charge in [-0.2, -0.15) is 5.10 Å². The van der Waals surface area contributed by atoms with Gasteiger partial charge in [-0.25, -0.2) is 5.01 Å². The first-order valence-electron chi connectivity index (χ1n) is 6.87. The minimum absolute atomic E-state index is 0.239. The van der Waals surface area contributed by atoms with Gasteiger partial charge in [-0.3, -0.25) is 9.59 Å². The lowest BCUT2D eigenvalue weighted by Crippen LogP contribution is -2.44. The molecule has 6 heteroatoms. The molecule has 1 heterocycles. The van der Waals surface area contributed by atoms with Crippen molar-refractivity contribution in [3.8, 4) is 0 Å². The Hall–Kier alpha value is -1.43. The van der Waals surface area contributed by atoms with Crippen molar-refractivity contribution in [1.82, 2.24) is 5.01 Å². The van der Waals surface area contributed by atoms with Crippen molar-refractivity contribution in [2.45, 2.75) is 51.2 Å². The molecule has 3 unspecified atom stereocenters. The maximum absolute atomic E-state index is 12.2. The van der Waals surface area contributed by atoms with Gasteiger partial charge in [-0.05, 0) is 19.8 Å². The lowest BCUT2D eigenvalue weighted by atomic mass is 10.0. The summed E-state index contributed by atoms with van der Waals surface area (Å²) in [7, 11) is 0. The molecule has 3 atom stereocenters. The van der Waals surface area contributed by atoms with E-state index in [0.717, 1.165) is 25.7 Å². The Morgan fingerprint density at radius 2 is 2.21 bits per heavy atom. The van der Waals surface area contributed by atoms with E-state index in [1.807, 2.05) is 0 Å². The third-order valence-corrected chi connectivity index (χ3v) is 3.63. The van der Waals surface area contributed by atoms with Crippen LogP contribution >= 0.6 is 0 Å². The fourth-order valence-corrected chi connectivity index (χ4v) is 2.60. The first kappa shape index (κ1) is 14.0. The Bertz CT molecular complexity index is 383. The first-order chi connectivity index (χ1) is 9.15. The van der Waals surface area contributed by atoms with E-state index in [-0.39, 0.29) is 18.6 Å². The molecule has 1 amide bonds. The summed E-state index contributed by atoms with van der Waals surface area (Å²) in [5.74, 6) is -1.90. The number of nitrogens with zero attached hydrogens (tertiary/aromatic N) is 2. The number of hydrogen-bond donors (Lipinski definition) is 1. The Balaban J connectivity index is 2.04. The van der Waals surface area contributed by atoms with Crippen molar-refractivity contribution < 1.29 is 19.4 Å². The molecule has 1 N–H and O–H groups in total. The average Bonchev–Trinajstić information content (AvgIpc) is 2.62. The molecule has 0 bridgehead atoms. The lowest BCUT2D eigenvalue weighted by Gasteiger charge is -2.27. The number of amides is 1. The maximum Gasteiger partial charge on any atom is 0.324 e. The molecular weight excluding hydrogens is 248 g/mol. The summed E-state index contributed by atoms with van der Waals surface area (Å²) < 4.78 is 4.84. The average molecular weight is 268 g/mol. The van der Waals surface area contributed by atoms with Gasteiger partial charge in [0.25, 0.3) is 5.91 Å². The van der Waals surface area contributed by atoms with Gasteiger partial charge in [-0.1, -0.05) is 19.3 Å². The summed E-state index contributed by atoms with van der Waals surface area (Å²) in [6.07, 6.45) is 5.13. The van der Waals surface area contributed by atoms with Gasteiger partial charge in [0.2, 0.25) is 0 Å². The van der Waals surface area contributed by atoms with Crippen LogP contribution in [0.2, 0.25) is 0 Å². The van der Waals surface area contributed by atoms with E-state index in [9.17, 15) is 14.7 Å². The molecule has 0 radical (unpaired) electrons. The van der Waals surface area contributed by atoms with Gasteiger partial charge in [0.1, 0.15) is 0 Å². The van der Waals surface area contributed by atoms with Crippen LogP contribution in [0.1, 0.15) is 39.0 Å². The summed E-state index contributed by atoms with van der Waals surface area (Å²) in [5.41, 5.74) is 0. The largest absolute Gasteiger partial charge is 0.465 e. The van der Waals surface area contributed by atoms with Crippen molar-refractivity contribution in [3.05, 3.63) is 0 Å². The van der Waals surface area contributed by atoms with E-state index in [0.29, 0.717) is 6.42 Å². The van der Waals surface area contributed by atoms with Crippen LogP contribution < -0.4 is 0 Å². The number of carbonyl (C=O) groups is 2. The highest BCUT2D eigenvalue weighted by atomic mass is 16.5. The van der Waals surface area contributed by atoms with Crippen LogP contribution in [0.4, 0.5) is 0 Å². The number of hydrogen-bond acceptors (Lipinski definition) is 5. The molecule has 1 fully saturated rings. The van der Waals surface area contributed by atoms with Gasteiger partial charge < -0.3 is 9.84 Å². The standard InChI is InChI=1S/C13H20N2O4/c1-2-19-13(18)9-8-14-15(12(9)17)10-6-4-3-5-7-11(10)16/h8-11,16H,2-7H2,1H3. The molecule has 1 saturated carbocycles. The van der Waals surface area contributed by atoms with Crippen LogP contribution in [0.5, 0.6) is 0 Å². The van der Waals surface area contributed by atoms with E-state index in [2.05, 4.69) is 5.10 Å². The second-order valence-electron chi connectivity index (χ2n) is 4.95. The van der Waals surface area contributed by atoms with Crippen molar-refractivity contribution >= 4 is 18.1 Å². The Kier molecular flexibility index (Phi) is 4.52. The molecular formula is C13H20N2O4. The molecule has 0 aromatic carbocycles. The van der Waals surface area contributed by atoms with E-state index >= 15 is 0 Å². The summed E-state index contributed by atoms with van der Waals surface area (Å²) in [4.78, 5) is 23.8. The quantitative estimate of drug-likeness (QED) is 0.464. The van der Waals surface area contributed by atoms with Gasteiger partial charge in [0.15, 0.2) is 5.92 Å². The molecule has 19 heavy (non-hydrogen) atoms. The third-order valence-electron chi connectivity index (χ3n) is 3.63. The fraction of sp³-hybridized carbons (Fsp3) is 0.769. The van der Waals surface area contributed by atoms with Crippen molar-refractivity contribution in [3.63, 3.8) is 0 Å². The molecule has 2 aliphatic rings. The van der Waals surface area contributed by atoms with Crippen molar-refractivity contribution in [2.24, 2.45) is 11.0 Å². The second-order valence-corrected chi connectivity index (χ2v) is 4.95. The van der Waals surface area contributed by atoms with Crippen LogP contribution in [0.25, 0.3) is 0 Å². The molecule has 0 spiro atoms. The SMILES string of the molecule is CCOC(=O)C1C=NN(C2CCCCCC2O)C1=O. The highest BCUT2D eigenvalue weighted by molar-refractivity contribution is 6.13. The number of aliphatic hydroxyl groups is 1. The molecule has 0 saturated heterocycles. The normalized spacial score (nSPS) is 31.4. The topological polar surface area (TPSA) is 79.2 Å². The Morgan fingerprint density at radius 3 is 2.95 bits per heavy atom. The number of ether oxygens (including phenoxy) is 1. The number of carbonyl (C=O) groups excluding carboxylic acids is 2. The van der Waals surface area contributed by atoms with E-state index in [1.165, 1.54) is 11.2 Å². The molecule has 0 aromatic rings. The Labute approximate surface area is 112 Å². The molecule has 0 aromatic heterocycles. The van der Waals surface area contributed by atoms with Crippen LogP contribution in [0.15, 0.2) is 5.10 Å². The minimum atomic E-state index is -0.949. The van der Waals surface area contributed by atoms with Crippen molar-refractivity contribution in [1.29, 1.82) is 0 Å². The monoisotopic (exact) mass is 268 g/mol. The minimum Gasteiger partial charge on any atom is -0.465 e. The smallest absolute Gasteiger partial charge is 0.324 e. The zero-order valence-electron chi connectivity index (χ0n) is 11.1.